The second-order valence-corrected chi connectivity index (χ2v) is 26.1. The molecule has 0 radical (unpaired) electrons. The molecule has 8 aliphatic carbocycles. The van der Waals surface area contributed by atoms with Crippen molar-refractivity contribution in [3.8, 4) is 0 Å². The van der Waals surface area contributed by atoms with E-state index < -0.39 is 18.7 Å². The number of carbonyl (C=O) groups is 3. The molecule has 2 N–H and O–H groups in total. The van der Waals surface area contributed by atoms with Crippen LogP contribution in [0.2, 0.25) is 0 Å². The molecule has 24 unspecified atom stereocenters. The van der Waals surface area contributed by atoms with Crippen LogP contribution in [0.5, 0.6) is 0 Å². The second-order valence-electron chi connectivity index (χ2n) is 26.1. The van der Waals surface area contributed by atoms with Gasteiger partial charge in [0.2, 0.25) is 0 Å². The molecule has 12 aliphatic rings. The fraction of sp³-hybridized carbons (Fsp3) is 0.952. The van der Waals surface area contributed by atoms with Crippen LogP contribution in [-0.2, 0) is 76.0 Å². The summed E-state index contributed by atoms with van der Waals surface area (Å²) in [4.78, 5) is 41.6. The molecule has 458 valence electrons. The fourth-order valence-corrected chi connectivity index (χ4v) is 15.8. The standard InChI is InChI=1S/C62H102O18/c1-36-25-42-16-22-47(36)78-56-32-44(17-23-50(56)70-4)62(67)77-46-12-8-10-41(30-46)58(63)73-34-38-15-21-51(54(27-38)72-6)79-57-31-43(60(65)75-33-37-13-19-48(68-2)53(26-37)71-5)18-24-52(57)80-55-28-39(14-20-49(55)69-3)35-74-59(64)40-9-7-11-45(29-40)76-61(42)66/h36-57,61-62,66-67H,7-35H2,1-6H3. The molecular formula is C62H102O18. The Labute approximate surface area is 476 Å². The first-order valence-electron chi connectivity index (χ1n) is 31.6. The van der Waals surface area contributed by atoms with Crippen LogP contribution in [0.4, 0.5) is 0 Å². The van der Waals surface area contributed by atoms with E-state index in [0.29, 0.717) is 64.4 Å². The van der Waals surface area contributed by atoms with E-state index >= 15 is 0 Å². The number of hydrogen-bond acceptors (Lipinski definition) is 18. The number of aliphatic hydroxyl groups excluding tert-OH is 2. The maximum absolute atomic E-state index is 14.0. The molecule has 12 rings (SSSR count). The summed E-state index contributed by atoms with van der Waals surface area (Å²) in [7, 11) is 8.58. The third-order valence-electron chi connectivity index (χ3n) is 20.8. The summed E-state index contributed by atoms with van der Waals surface area (Å²) < 4.78 is 81.9. The topological polar surface area (TPSA) is 212 Å². The van der Waals surface area contributed by atoms with E-state index in [1.165, 1.54) is 0 Å². The maximum atomic E-state index is 14.0. The SMILES string of the molecule is COC1CCC(COC(=O)C2CCC3OC4CC(CCC4OC)COC(=O)C4CCCC(C4)OC(O)C4CCC(OC5CC(CCC5OC)C(O)OC5CCCC(C5)C(=O)OCC5CCC(OC3C2)C(OC)C5)C(C)C4)CC1OC. The number of ether oxygens (including phenoxy) is 13. The Morgan fingerprint density at radius 1 is 0.450 bits per heavy atom. The van der Waals surface area contributed by atoms with Crippen molar-refractivity contribution in [2.45, 2.75) is 266 Å². The highest BCUT2D eigenvalue weighted by atomic mass is 16.6. The van der Waals surface area contributed by atoms with Gasteiger partial charge in [-0.1, -0.05) is 19.8 Å². The number of aliphatic hydroxyl groups is 2. The van der Waals surface area contributed by atoms with Gasteiger partial charge in [-0.3, -0.25) is 14.4 Å². The number of methoxy groups -OCH3 is 5. The zero-order chi connectivity index (χ0) is 56.3. The normalized spacial score (nSPS) is 45.2. The summed E-state index contributed by atoms with van der Waals surface area (Å²) >= 11 is 0. The Kier molecular flexibility index (Phi) is 23.7. The molecule has 0 aromatic carbocycles. The third-order valence-corrected chi connectivity index (χ3v) is 20.8. The summed E-state index contributed by atoms with van der Waals surface area (Å²) in [6.07, 6.45) is 14.0. The van der Waals surface area contributed by atoms with E-state index in [2.05, 4.69) is 6.92 Å². The number of carbonyl (C=O) groups excluding carboxylic acids is 3. The molecule has 24 atom stereocenters. The minimum atomic E-state index is -0.992. The highest BCUT2D eigenvalue weighted by molar-refractivity contribution is 5.73. The van der Waals surface area contributed by atoms with Crippen molar-refractivity contribution in [1.29, 1.82) is 0 Å². The van der Waals surface area contributed by atoms with Gasteiger partial charge in [0.05, 0.1) is 117 Å². The summed E-state index contributed by atoms with van der Waals surface area (Å²) in [5, 5.41) is 23.1. The van der Waals surface area contributed by atoms with E-state index in [1.807, 2.05) is 0 Å². The Morgan fingerprint density at radius 2 is 0.975 bits per heavy atom. The predicted molar refractivity (Wildman–Crippen MR) is 292 cm³/mol. The molecule has 4 heterocycles. The van der Waals surface area contributed by atoms with Gasteiger partial charge in [0.25, 0.3) is 0 Å². The maximum Gasteiger partial charge on any atom is 0.309 e. The lowest BCUT2D eigenvalue weighted by atomic mass is 9.79. The van der Waals surface area contributed by atoms with E-state index in [1.54, 1.807) is 35.5 Å². The minimum absolute atomic E-state index is 0.0264. The van der Waals surface area contributed by atoms with Gasteiger partial charge in [0.1, 0.15) is 0 Å². The number of hydrogen-bond donors (Lipinski definition) is 2. The molecule has 80 heavy (non-hydrogen) atoms. The van der Waals surface area contributed by atoms with Crippen molar-refractivity contribution in [1.82, 2.24) is 0 Å². The molecule has 12 fully saturated rings. The first-order valence-corrected chi connectivity index (χ1v) is 31.6. The van der Waals surface area contributed by atoms with E-state index in [-0.39, 0.29) is 158 Å². The van der Waals surface area contributed by atoms with Crippen LogP contribution in [0.3, 0.4) is 0 Å². The predicted octanol–water partition coefficient (Wildman–Crippen LogP) is 8.19. The van der Waals surface area contributed by atoms with Crippen molar-refractivity contribution in [2.75, 3.05) is 55.4 Å². The van der Waals surface area contributed by atoms with Gasteiger partial charge in [-0.05, 0) is 178 Å². The number of rotatable bonds is 8. The van der Waals surface area contributed by atoms with Gasteiger partial charge in [0.15, 0.2) is 12.6 Å². The fourth-order valence-electron chi connectivity index (χ4n) is 15.8. The van der Waals surface area contributed by atoms with Crippen LogP contribution in [-0.4, -0.2) is 175 Å². The van der Waals surface area contributed by atoms with Crippen LogP contribution in [0, 0.1) is 53.3 Å². The molecule has 4 aliphatic heterocycles. The molecule has 0 amide bonds. The third kappa shape index (κ3) is 16.5. The average molecular weight is 1140 g/mol. The van der Waals surface area contributed by atoms with Crippen LogP contribution in [0.1, 0.15) is 174 Å². The first kappa shape index (κ1) is 62.5. The zero-order valence-corrected chi connectivity index (χ0v) is 49.3. The van der Waals surface area contributed by atoms with Gasteiger partial charge in [-0.15, -0.1) is 0 Å². The average Bonchev–Trinajstić information content (AvgIpc) is 3.48. The van der Waals surface area contributed by atoms with Gasteiger partial charge in [-0.25, -0.2) is 0 Å². The lowest BCUT2D eigenvalue weighted by molar-refractivity contribution is -0.213. The van der Waals surface area contributed by atoms with Gasteiger partial charge >= 0.3 is 17.9 Å². The Balaban J connectivity index is 0.880. The minimum Gasteiger partial charge on any atom is -0.465 e. The summed E-state index contributed by atoms with van der Waals surface area (Å²) in [6, 6.07) is 0. The lowest BCUT2D eigenvalue weighted by Crippen LogP contribution is -2.50. The molecule has 0 spiro atoms. The van der Waals surface area contributed by atoms with Crippen molar-refractivity contribution in [3.63, 3.8) is 0 Å². The van der Waals surface area contributed by atoms with Gasteiger partial charge < -0.3 is 71.8 Å². The zero-order valence-electron chi connectivity index (χ0n) is 49.3. The van der Waals surface area contributed by atoms with Crippen molar-refractivity contribution < 1.29 is 86.2 Å². The number of esters is 3. The molecule has 0 aromatic rings. The molecule has 18 heteroatoms. The van der Waals surface area contributed by atoms with Gasteiger partial charge in [-0.2, -0.15) is 0 Å². The quantitative estimate of drug-likeness (QED) is 0.173. The summed E-state index contributed by atoms with van der Waals surface area (Å²) in [5.74, 6) is -1.29. The van der Waals surface area contributed by atoms with Crippen LogP contribution in [0.15, 0.2) is 0 Å². The summed E-state index contributed by atoms with van der Waals surface area (Å²) in [6.45, 7) is 3.09. The summed E-state index contributed by atoms with van der Waals surface area (Å²) in [5.41, 5.74) is 0. The smallest absolute Gasteiger partial charge is 0.309 e. The Bertz CT molecular complexity index is 1910. The molecule has 8 saturated carbocycles. The Hall–Kier alpha value is -2.07. The molecule has 12 bridgehead atoms. The van der Waals surface area contributed by atoms with Crippen LogP contribution < -0.4 is 0 Å². The van der Waals surface area contributed by atoms with Crippen molar-refractivity contribution in [3.05, 3.63) is 0 Å². The molecular weight excluding hydrogens is 1030 g/mol. The monoisotopic (exact) mass is 1130 g/mol. The van der Waals surface area contributed by atoms with Crippen LogP contribution >= 0.6 is 0 Å². The van der Waals surface area contributed by atoms with Crippen molar-refractivity contribution in [2.24, 2.45) is 53.3 Å². The van der Waals surface area contributed by atoms with Gasteiger partial charge in [0, 0.05) is 47.4 Å². The molecule has 18 nitrogen and oxygen atoms in total. The molecule has 4 saturated heterocycles. The van der Waals surface area contributed by atoms with E-state index in [0.717, 1.165) is 109 Å². The molecule has 0 aromatic heterocycles. The lowest BCUT2D eigenvalue weighted by Gasteiger charge is -2.44. The highest BCUT2D eigenvalue weighted by Gasteiger charge is 2.46. The van der Waals surface area contributed by atoms with Crippen LogP contribution in [0.25, 0.3) is 0 Å². The largest absolute Gasteiger partial charge is 0.465 e. The Morgan fingerprint density at radius 3 is 1.61 bits per heavy atom. The van der Waals surface area contributed by atoms with Crippen molar-refractivity contribution >= 4 is 17.9 Å². The van der Waals surface area contributed by atoms with E-state index in [4.69, 9.17) is 61.6 Å². The van der Waals surface area contributed by atoms with E-state index in [9.17, 15) is 24.6 Å². The first-order chi connectivity index (χ1) is 38.8. The highest BCUT2D eigenvalue weighted by Crippen LogP contribution is 2.42. The second kappa shape index (κ2) is 30.3.